The van der Waals surface area contributed by atoms with Gasteiger partial charge in [0.05, 0.1) is 6.61 Å². The summed E-state index contributed by atoms with van der Waals surface area (Å²) in [6.07, 6.45) is -0.169. The van der Waals surface area contributed by atoms with Crippen LogP contribution >= 0.6 is 11.6 Å². The lowest BCUT2D eigenvalue weighted by Crippen LogP contribution is -2.19. The summed E-state index contributed by atoms with van der Waals surface area (Å²) in [4.78, 5) is 11.1. The van der Waals surface area contributed by atoms with Gasteiger partial charge < -0.3 is 15.2 Å². The molecule has 1 aromatic heterocycles. The van der Waals surface area contributed by atoms with E-state index in [-0.39, 0.29) is 23.3 Å². The number of anilines is 1. The molecule has 0 amide bonds. The number of hydrogen-bond donors (Lipinski definition) is 1. The van der Waals surface area contributed by atoms with E-state index in [1.54, 1.807) is 7.11 Å². The van der Waals surface area contributed by atoms with Gasteiger partial charge in [0, 0.05) is 7.11 Å². The number of nitrogens with zero attached hydrogens (tertiary/aromatic N) is 3. The summed E-state index contributed by atoms with van der Waals surface area (Å²) in [5, 5.41) is 0.0112. The fourth-order valence-electron chi connectivity index (χ4n) is 0.848. The first kappa shape index (κ1) is 10.9. The highest BCUT2D eigenvalue weighted by atomic mass is 35.5. The fourth-order valence-corrected chi connectivity index (χ4v) is 1.01. The first-order valence-electron chi connectivity index (χ1n) is 3.94. The third-order valence-electron chi connectivity index (χ3n) is 1.31. The Morgan fingerprint density at radius 1 is 1.43 bits per heavy atom. The van der Waals surface area contributed by atoms with Crippen LogP contribution in [-0.4, -0.2) is 34.8 Å². The second-order valence-corrected chi connectivity index (χ2v) is 2.97. The number of hydrogen-bond acceptors (Lipinski definition) is 6. The van der Waals surface area contributed by atoms with Crippen molar-refractivity contribution in [1.29, 1.82) is 0 Å². The van der Waals surface area contributed by atoms with Crippen molar-refractivity contribution in [2.45, 2.75) is 13.0 Å². The van der Waals surface area contributed by atoms with Crippen molar-refractivity contribution < 1.29 is 9.47 Å². The van der Waals surface area contributed by atoms with E-state index in [1.807, 2.05) is 6.92 Å². The molecule has 0 aliphatic rings. The van der Waals surface area contributed by atoms with Crippen LogP contribution < -0.4 is 10.5 Å². The summed E-state index contributed by atoms with van der Waals surface area (Å²) in [6, 6.07) is 0.104. The van der Waals surface area contributed by atoms with Crippen molar-refractivity contribution in [3.05, 3.63) is 5.28 Å². The number of nitrogen functional groups attached to an aromatic ring is 1. The van der Waals surface area contributed by atoms with Gasteiger partial charge in [-0.15, -0.1) is 0 Å². The molecule has 0 bridgehead atoms. The van der Waals surface area contributed by atoms with Crippen LogP contribution in [0.4, 0.5) is 5.95 Å². The normalized spacial score (nSPS) is 12.5. The van der Waals surface area contributed by atoms with Crippen LogP contribution in [0, 0.1) is 0 Å². The molecule has 78 valence electrons. The molecular weight excluding hydrogens is 208 g/mol. The molecule has 0 radical (unpaired) electrons. The maximum atomic E-state index is 5.56. The summed E-state index contributed by atoms with van der Waals surface area (Å²) in [5.41, 5.74) is 5.35. The van der Waals surface area contributed by atoms with Crippen LogP contribution in [0.2, 0.25) is 5.28 Å². The Bertz CT molecular complexity index is 289. The molecule has 0 saturated carbocycles. The van der Waals surface area contributed by atoms with Gasteiger partial charge in [-0.1, -0.05) is 0 Å². The number of ether oxygens (including phenoxy) is 2. The molecule has 7 heteroatoms. The summed E-state index contributed by atoms with van der Waals surface area (Å²) in [7, 11) is 1.58. The molecule has 1 rings (SSSR count). The van der Waals surface area contributed by atoms with Gasteiger partial charge in [-0.25, -0.2) is 0 Å². The van der Waals surface area contributed by atoms with Gasteiger partial charge in [-0.3, -0.25) is 0 Å². The van der Waals surface area contributed by atoms with E-state index in [1.165, 1.54) is 0 Å². The number of aromatic nitrogens is 3. The van der Waals surface area contributed by atoms with Crippen LogP contribution in [0.5, 0.6) is 6.01 Å². The van der Waals surface area contributed by atoms with Crippen LogP contribution in [0.15, 0.2) is 0 Å². The van der Waals surface area contributed by atoms with E-state index in [9.17, 15) is 0 Å². The molecule has 0 saturated heterocycles. The predicted octanol–water partition coefficient (Wildman–Crippen LogP) is 0.521. The summed E-state index contributed by atoms with van der Waals surface area (Å²) in [5.74, 6) is 0.0321. The molecule has 2 N–H and O–H groups in total. The van der Waals surface area contributed by atoms with Crippen LogP contribution in [-0.2, 0) is 4.74 Å². The van der Waals surface area contributed by atoms with Crippen molar-refractivity contribution in [1.82, 2.24) is 15.0 Å². The second-order valence-electron chi connectivity index (χ2n) is 2.63. The Hall–Kier alpha value is -1.14. The Labute approximate surface area is 86.4 Å². The standard InChI is InChI=1S/C7H11ClN4O2/c1-4(3-13-2)14-7-11-5(8)10-6(9)12-7/h4H,3H2,1-2H3,(H2,9,10,11,12). The third kappa shape index (κ3) is 3.31. The predicted molar refractivity (Wildman–Crippen MR) is 51.2 cm³/mol. The van der Waals surface area contributed by atoms with Gasteiger partial charge in [-0.2, -0.15) is 15.0 Å². The van der Waals surface area contributed by atoms with Gasteiger partial charge in [0.15, 0.2) is 0 Å². The molecule has 6 nitrogen and oxygen atoms in total. The first-order valence-corrected chi connectivity index (χ1v) is 4.32. The molecule has 1 unspecified atom stereocenters. The maximum Gasteiger partial charge on any atom is 0.322 e. The molecular formula is C7H11ClN4O2. The SMILES string of the molecule is COCC(C)Oc1nc(N)nc(Cl)n1. The largest absolute Gasteiger partial charge is 0.458 e. The van der Waals surface area contributed by atoms with Gasteiger partial charge in [0.2, 0.25) is 11.2 Å². The average Bonchev–Trinajstić information content (AvgIpc) is 2.01. The van der Waals surface area contributed by atoms with E-state index in [4.69, 9.17) is 26.8 Å². The lowest BCUT2D eigenvalue weighted by atomic mass is 10.4. The van der Waals surface area contributed by atoms with E-state index in [0.717, 1.165) is 0 Å². The molecule has 0 aliphatic carbocycles. The fraction of sp³-hybridized carbons (Fsp3) is 0.571. The Morgan fingerprint density at radius 2 is 2.14 bits per heavy atom. The van der Waals surface area contributed by atoms with Crippen molar-refractivity contribution in [2.75, 3.05) is 19.5 Å². The van der Waals surface area contributed by atoms with Gasteiger partial charge >= 0.3 is 6.01 Å². The van der Waals surface area contributed by atoms with Crippen molar-refractivity contribution in [3.8, 4) is 6.01 Å². The third-order valence-corrected chi connectivity index (χ3v) is 1.48. The van der Waals surface area contributed by atoms with Crippen LogP contribution in [0.3, 0.4) is 0 Å². The minimum absolute atomic E-state index is 0.0112. The van der Waals surface area contributed by atoms with Crippen LogP contribution in [0.25, 0.3) is 0 Å². The maximum absolute atomic E-state index is 5.56. The van der Waals surface area contributed by atoms with E-state index >= 15 is 0 Å². The summed E-state index contributed by atoms with van der Waals surface area (Å²) >= 11 is 5.56. The minimum Gasteiger partial charge on any atom is -0.458 e. The molecule has 0 fully saturated rings. The highest BCUT2D eigenvalue weighted by molar-refractivity contribution is 6.28. The lowest BCUT2D eigenvalue weighted by molar-refractivity contribution is 0.0855. The summed E-state index contributed by atoms with van der Waals surface area (Å²) < 4.78 is 10.1. The topological polar surface area (TPSA) is 83.2 Å². The van der Waals surface area contributed by atoms with Gasteiger partial charge in [0.1, 0.15) is 6.10 Å². The zero-order valence-corrected chi connectivity index (χ0v) is 8.65. The van der Waals surface area contributed by atoms with Crippen LogP contribution in [0.1, 0.15) is 6.92 Å². The van der Waals surface area contributed by atoms with E-state index in [2.05, 4.69) is 15.0 Å². The first-order chi connectivity index (χ1) is 6.61. The van der Waals surface area contributed by atoms with Crippen molar-refractivity contribution >= 4 is 17.5 Å². The molecule has 1 aromatic rings. The summed E-state index contributed by atoms with van der Waals surface area (Å²) in [6.45, 7) is 2.25. The Kier molecular flexibility index (Phi) is 3.84. The zero-order chi connectivity index (χ0) is 10.6. The van der Waals surface area contributed by atoms with Crippen molar-refractivity contribution in [3.63, 3.8) is 0 Å². The van der Waals surface area contributed by atoms with Gasteiger partial charge in [0.25, 0.3) is 0 Å². The zero-order valence-electron chi connectivity index (χ0n) is 7.90. The monoisotopic (exact) mass is 218 g/mol. The quantitative estimate of drug-likeness (QED) is 0.793. The molecule has 1 atom stereocenters. The Balaban J connectivity index is 2.66. The number of methoxy groups -OCH3 is 1. The Morgan fingerprint density at radius 3 is 2.71 bits per heavy atom. The smallest absolute Gasteiger partial charge is 0.322 e. The second kappa shape index (κ2) is 4.92. The van der Waals surface area contributed by atoms with E-state index < -0.39 is 0 Å². The number of halogens is 1. The number of rotatable bonds is 4. The molecule has 0 spiro atoms. The highest BCUT2D eigenvalue weighted by Gasteiger charge is 2.08. The van der Waals surface area contributed by atoms with E-state index in [0.29, 0.717) is 6.61 Å². The molecule has 14 heavy (non-hydrogen) atoms. The van der Waals surface area contributed by atoms with Crippen molar-refractivity contribution in [2.24, 2.45) is 0 Å². The molecule has 0 aliphatic heterocycles. The molecule has 1 heterocycles. The lowest BCUT2D eigenvalue weighted by Gasteiger charge is -2.11. The minimum atomic E-state index is -0.169. The molecule has 0 aromatic carbocycles. The van der Waals surface area contributed by atoms with Gasteiger partial charge in [-0.05, 0) is 18.5 Å². The number of nitrogens with two attached hydrogens (primary N) is 1. The average molecular weight is 219 g/mol. The highest BCUT2D eigenvalue weighted by Crippen LogP contribution is 2.10.